The van der Waals surface area contributed by atoms with E-state index in [4.69, 9.17) is 19.9 Å². The minimum atomic E-state index is -2.58. The minimum Gasteiger partial charge on any atom is -0.479 e. The lowest BCUT2D eigenvalue weighted by Gasteiger charge is -2.55. The van der Waals surface area contributed by atoms with E-state index in [9.17, 15) is 28.3 Å². The summed E-state index contributed by atoms with van der Waals surface area (Å²) in [5.74, 6) is -2.45. The fraction of sp³-hybridized carbons (Fsp3) is 0.679. The number of carboxylic acid groups (broad SMARTS) is 1. The lowest BCUT2D eigenvalue weighted by atomic mass is 9.49. The maximum atomic E-state index is 14.7. The summed E-state index contributed by atoms with van der Waals surface area (Å²) >= 11 is 0. The lowest BCUT2D eigenvalue weighted by Crippen LogP contribution is -2.51. The summed E-state index contributed by atoms with van der Waals surface area (Å²) < 4.78 is 44.6. The number of carbonyl (C=O) groups excluding carboxylic acids is 2. The zero-order valence-corrected chi connectivity index (χ0v) is 21.4. The van der Waals surface area contributed by atoms with Crippen molar-refractivity contribution in [3.05, 3.63) is 35.6 Å². The first-order valence-corrected chi connectivity index (χ1v) is 13.4. The molecule has 0 amide bonds. The molecule has 5 atom stereocenters. The fourth-order valence-electron chi connectivity index (χ4n) is 7.44. The molecule has 10 heteroatoms. The number of carbonyl (C=O) groups is 3. The third-order valence-electron chi connectivity index (χ3n) is 9.03. The van der Waals surface area contributed by atoms with Crippen LogP contribution in [0.1, 0.15) is 63.9 Å². The van der Waals surface area contributed by atoms with Gasteiger partial charge in [0.05, 0.1) is 30.6 Å². The molecule has 1 aromatic carbocycles. The number of carboxylic acids is 1. The van der Waals surface area contributed by atoms with E-state index in [0.29, 0.717) is 23.3 Å². The van der Waals surface area contributed by atoms with E-state index in [1.54, 1.807) is 0 Å². The number of nitrogens with two attached hydrogens (primary N) is 1. The van der Waals surface area contributed by atoms with Gasteiger partial charge in [-0.3, -0.25) is 9.59 Å². The Kier molecular flexibility index (Phi) is 7.24. The standard InChI is InChI=1S/C28H35F2NO7/c1-15(38-26(35)27-11-17-6-18(12-27)8-19(7-17)13-27)37-23(32)10-21(9-22-24(31)28(22,30)25(33)34)36-14-16-2-4-20(29)5-3-16/h2-5,15,17-19,21-22,24H,6-14,31H2,1H3,(H,33,34)/t15-,17?,18?,19?,21-,22-,24?,27?,28-/m1/s1. The Morgan fingerprint density at radius 3 is 2.16 bits per heavy atom. The van der Waals surface area contributed by atoms with E-state index in [1.165, 1.54) is 50.5 Å². The molecule has 0 spiro atoms. The molecule has 38 heavy (non-hydrogen) atoms. The van der Waals surface area contributed by atoms with Gasteiger partial charge in [0.1, 0.15) is 5.82 Å². The average Bonchev–Trinajstić information content (AvgIpc) is 3.37. The Morgan fingerprint density at radius 1 is 1.05 bits per heavy atom. The summed E-state index contributed by atoms with van der Waals surface area (Å²) in [7, 11) is 0. The highest BCUT2D eigenvalue weighted by Gasteiger charge is 2.70. The van der Waals surface area contributed by atoms with Crippen LogP contribution in [0.3, 0.4) is 0 Å². The van der Waals surface area contributed by atoms with Crippen molar-refractivity contribution in [3.63, 3.8) is 0 Å². The monoisotopic (exact) mass is 535 g/mol. The highest BCUT2D eigenvalue weighted by Crippen LogP contribution is 2.60. The molecule has 0 radical (unpaired) electrons. The summed E-state index contributed by atoms with van der Waals surface area (Å²) in [5.41, 5.74) is 3.23. The van der Waals surface area contributed by atoms with Crippen LogP contribution < -0.4 is 5.73 Å². The van der Waals surface area contributed by atoms with Crippen LogP contribution in [0.4, 0.5) is 8.78 Å². The average molecular weight is 536 g/mol. The third-order valence-corrected chi connectivity index (χ3v) is 9.03. The summed E-state index contributed by atoms with van der Waals surface area (Å²) in [6, 6.07) is 4.32. The molecule has 5 aliphatic rings. The molecule has 0 heterocycles. The van der Waals surface area contributed by atoms with Crippen molar-refractivity contribution >= 4 is 17.9 Å². The van der Waals surface area contributed by atoms with Gasteiger partial charge in [0.25, 0.3) is 0 Å². The first kappa shape index (κ1) is 27.0. The molecule has 1 aromatic rings. The van der Waals surface area contributed by atoms with E-state index in [1.807, 2.05) is 0 Å². The SMILES string of the molecule is C[C@H](OC(=O)C[C@@H](C[C@@H]1C(N)[C@@]1(F)C(=O)O)OCc1ccc(F)cc1)OC(=O)C12CC3CC(CC(C3)C1)C2. The summed E-state index contributed by atoms with van der Waals surface area (Å²) in [6.07, 6.45) is 3.57. The lowest BCUT2D eigenvalue weighted by molar-refractivity contribution is -0.202. The van der Waals surface area contributed by atoms with E-state index < -0.39 is 53.2 Å². The van der Waals surface area contributed by atoms with Crippen molar-refractivity contribution in [1.82, 2.24) is 0 Å². The Hall–Kier alpha value is -2.59. The molecule has 0 saturated heterocycles. The molecule has 5 saturated carbocycles. The summed E-state index contributed by atoms with van der Waals surface area (Å²) in [5, 5.41) is 9.20. The number of alkyl halides is 1. The number of ether oxygens (including phenoxy) is 3. The van der Waals surface area contributed by atoms with Crippen molar-refractivity contribution in [2.45, 2.75) is 89.0 Å². The molecular weight excluding hydrogens is 500 g/mol. The van der Waals surface area contributed by atoms with Crippen molar-refractivity contribution in [2.24, 2.45) is 34.8 Å². The highest BCUT2D eigenvalue weighted by atomic mass is 19.1. The van der Waals surface area contributed by atoms with Crippen LogP contribution in [0, 0.1) is 34.9 Å². The minimum absolute atomic E-state index is 0.0108. The van der Waals surface area contributed by atoms with E-state index >= 15 is 0 Å². The van der Waals surface area contributed by atoms with Crippen LogP contribution in [-0.4, -0.2) is 47.1 Å². The van der Waals surface area contributed by atoms with Gasteiger partial charge in [0.2, 0.25) is 12.0 Å². The normalized spacial score (nSPS) is 36.4. The van der Waals surface area contributed by atoms with Crippen LogP contribution in [0.15, 0.2) is 24.3 Å². The van der Waals surface area contributed by atoms with Gasteiger partial charge in [-0.1, -0.05) is 12.1 Å². The van der Waals surface area contributed by atoms with Gasteiger partial charge in [-0.2, -0.15) is 0 Å². The molecule has 8 nitrogen and oxygen atoms in total. The predicted octanol–water partition coefficient (Wildman–Crippen LogP) is 3.89. The quantitative estimate of drug-likeness (QED) is 0.323. The van der Waals surface area contributed by atoms with Gasteiger partial charge >= 0.3 is 17.9 Å². The fourth-order valence-corrected chi connectivity index (χ4v) is 7.44. The first-order chi connectivity index (χ1) is 18.0. The summed E-state index contributed by atoms with van der Waals surface area (Å²) in [6.45, 7) is 1.47. The first-order valence-electron chi connectivity index (χ1n) is 13.4. The Morgan fingerprint density at radius 2 is 1.63 bits per heavy atom. The highest BCUT2D eigenvalue weighted by molar-refractivity contribution is 5.84. The molecule has 1 unspecified atom stereocenters. The van der Waals surface area contributed by atoms with Crippen LogP contribution >= 0.6 is 0 Å². The number of rotatable bonds is 11. The van der Waals surface area contributed by atoms with Crippen molar-refractivity contribution in [3.8, 4) is 0 Å². The molecule has 5 fully saturated rings. The van der Waals surface area contributed by atoms with Gasteiger partial charge in [-0.25, -0.2) is 13.6 Å². The van der Waals surface area contributed by atoms with Gasteiger partial charge in [0, 0.05) is 12.8 Å². The molecule has 0 aliphatic heterocycles. The number of benzene rings is 1. The zero-order valence-electron chi connectivity index (χ0n) is 21.4. The largest absolute Gasteiger partial charge is 0.479 e. The summed E-state index contributed by atoms with van der Waals surface area (Å²) in [4.78, 5) is 37.2. The molecule has 3 N–H and O–H groups in total. The number of halogens is 2. The van der Waals surface area contributed by atoms with Gasteiger partial charge in [0.15, 0.2) is 0 Å². The van der Waals surface area contributed by atoms with Crippen molar-refractivity contribution < 1.29 is 42.5 Å². The zero-order chi connectivity index (χ0) is 27.2. The van der Waals surface area contributed by atoms with E-state index in [-0.39, 0.29) is 25.4 Å². The topological polar surface area (TPSA) is 125 Å². The number of hydrogen-bond acceptors (Lipinski definition) is 7. The maximum Gasteiger partial charge on any atom is 0.343 e. The second-order valence-electron chi connectivity index (χ2n) is 11.9. The Bertz CT molecular complexity index is 1040. The Labute approximate surface area is 220 Å². The van der Waals surface area contributed by atoms with Gasteiger partial charge in [-0.05, 0) is 80.4 Å². The molecule has 0 aromatic heterocycles. The molecule has 5 aliphatic carbocycles. The Balaban J connectivity index is 1.17. The predicted molar refractivity (Wildman–Crippen MR) is 129 cm³/mol. The molecular formula is C28H35F2NO7. The van der Waals surface area contributed by atoms with Crippen LogP contribution in [-0.2, 0) is 35.2 Å². The number of hydrogen-bond donors (Lipinski definition) is 2. The molecule has 4 bridgehead atoms. The second kappa shape index (κ2) is 10.2. The number of esters is 2. The second-order valence-corrected chi connectivity index (χ2v) is 11.9. The van der Waals surface area contributed by atoms with Crippen molar-refractivity contribution in [1.29, 1.82) is 0 Å². The number of aliphatic carboxylic acids is 1. The van der Waals surface area contributed by atoms with E-state index in [0.717, 1.165) is 19.3 Å². The van der Waals surface area contributed by atoms with Crippen LogP contribution in [0.5, 0.6) is 0 Å². The van der Waals surface area contributed by atoms with E-state index in [2.05, 4.69) is 0 Å². The molecule has 208 valence electrons. The van der Waals surface area contributed by atoms with Crippen LogP contribution in [0.2, 0.25) is 0 Å². The van der Waals surface area contributed by atoms with Gasteiger partial charge in [-0.15, -0.1) is 0 Å². The maximum absolute atomic E-state index is 14.7. The molecule has 6 rings (SSSR count). The third kappa shape index (κ3) is 5.30. The van der Waals surface area contributed by atoms with Gasteiger partial charge < -0.3 is 25.1 Å². The smallest absolute Gasteiger partial charge is 0.343 e. The van der Waals surface area contributed by atoms with Crippen LogP contribution in [0.25, 0.3) is 0 Å². The van der Waals surface area contributed by atoms with Crippen molar-refractivity contribution in [2.75, 3.05) is 0 Å².